The molecule has 1 aromatic rings. The molecule has 1 heterocycles. The van der Waals surface area contributed by atoms with Gasteiger partial charge in [-0.15, -0.1) is 0 Å². The number of hydrogen-bond acceptors (Lipinski definition) is 6. The summed E-state index contributed by atoms with van der Waals surface area (Å²) in [5, 5.41) is 12.2. The van der Waals surface area contributed by atoms with Crippen molar-refractivity contribution in [2.75, 3.05) is 47.5 Å². The Morgan fingerprint density at radius 3 is 2.39 bits per heavy atom. The zero-order valence-corrected chi connectivity index (χ0v) is 19.0. The molecule has 1 aliphatic heterocycles. The van der Waals surface area contributed by atoms with Gasteiger partial charge in [-0.2, -0.15) is 0 Å². The van der Waals surface area contributed by atoms with E-state index in [1.54, 1.807) is 12.1 Å². The van der Waals surface area contributed by atoms with Gasteiger partial charge in [-0.1, -0.05) is 19.8 Å². The van der Waals surface area contributed by atoms with Crippen LogP contribution in [0.25, 0.3) is 0 Å². The fourth-order valence-corrected chi connectivity index (χ4v) is 3.65. The number of hydrogen-bond donors (Lipinski definition) is 4. The third kappa shape index (κ3) is 7.20. The Hall–Kier alpha value is -2.68. The molecule has 1 aromatic carbocycles. The lowest BCUT2D eigenvalue weighted by Gasteiger charge is -2.33. The van der Waals surface area contributed by atoms with E-state index in [9.17, 15) is 9.59 Å². The van der Waals surface area contributed by atoms with E-state index in [-0.39, 0.29) is 23.9 Å². The van der Waals surface area contributed by atoms with Crippen LogP contribution in [0.3, 0.4) is 0 Å². The molecule has 1 fully saturated rings. The number of urea groups is 1. The van der Waals surface area contributed by atoms with Crippen molar-refractivity contribution in [3.05, 3.63) is 17.7 Å². The lowest BCUT2D eigenvalue weighted by atomic mass is 9.93. The lowest BCUT2D eigenvalue weighted by molar-refractivity contribution is 0.0910. The third-order valence-electron chi connectivity index (χ3n) is 5.44. The number of piperidine rings is 1. The summed E-state index contributed by atoms with van der Waals surface area (Å²) in [5.41, 5.74) is 0.424. The largest absolute Gasteiger partial charge is 0.493 e. The van der Waals surface area contributed by atoms with Crippen molar-refractivity contribution in [3.8, 4) is 17.2 Å². The molecule has 4 N–H and O–H groups in total. The van der Waals surface area contributed by atoms with Crippen molar-refractivity contribution in [3.63, 3.8) is 0 Å². The molecule has 0 aliphatic carbocycles. The van der Waals surface area contributed by atoms with Crippen LogP contribution in [-0.4, -0.2) is 65.5 Å². The summed E-state index contributed by atoms with van der Waals surface area (Å²) in [5.74, 6) is 1.15. The summed E-state index contributed by atoms with van der Waals surface area (Å²) < 4.78 is 16.0. The van der Waals surface area contributed by atoms with E-state index in [1.807, 2.05) is 0 Å². The highest BCUT2D eigenvalue weighted by Crippen LogP contribution is 2.38. The van der Waals surface area contributed by atoms with Gasteiger partial charge in [0.1, 0.15) is 0 Å². The van der Waals surface area contributed by atoms with Gasteiger partial charge < -0.3 is 35.5 Å². The maximum Gasteiger partial charge on any atom is 0.314 e. The van der Waals surface area contributed by atoms with Crippen LogP contribution in [0, 0.1) is 5.92 Å². The zero-order valence-electron chi connectivity index (χ0n) is 19.0. The van der Waals surface area contributed by atoms with Crippen molar-refractivity contribution in [1.29, 1.82) is 0 Å². The van der Waals surface area contributed by atoms with Gasteiger partial charge in [0, 0.05) is 37.2 Å². The predicted molar refractivity (Wildman–Crippen MR) is 119 cm³/mol. The third-order valence-corrected chi connectivity index (χ3v) is 5.44. The van der Waals surface area contributed by atoms with E-state index in [0.29, 0.717) is 35.9 Å². The van der Waals surface area contributed by atoms with Crippen LogP contribution in [0.4, 0.5) is 4.79 Å². The standard InChI is InChI=1S/C22H36N4O5/c1-5-6-7-9-24-22(28)25-14-16-13-23-10-8-17(16)26-21(27)15-11-18(29-2)20(31-4)19(12-15)30-3/h11-12,16-17,23H,5-10,13-14H2,1-4H3,(H,26,27)(H2,24,25,28)/t16-,17+/m1/s1. The molecule has 0 spiro atoms. The minimum absolute atomic E-state index is 0.0618. The van der Waals surface area contributed by atoms with Crippen LogP contribution >= 0.6 is 0 Å². The highest BCUT2D eigenvalue weighted by atomic mass is 16.5. The first kappa shape index (κ1) is 24.6. The van der Waals surface area contributed by atoms with Crippen molar-refractivity contribution in [1.82, 2.24) is 21.3 Å². The van der Waals surface area contributed by atoms with Crippen LogP contribution in [-0.2, 0) is 0 Å². The Balaban J connectivity index is 1.98. The second-order valence-electron chi connectivity index (χ2n) is 7.59. The van der Waals surface area contributed by atoms with Gasteiger partial charge in [0.05, 0.1) is 21.3 Å². The molecule has 0 unspecified atom stereocenters. The molecule has 0 bridgehead atoms. The lowest BCUT2D eigenvalue weighted by Crippen LogP contribution is -2.53. The normalized spacial score (nSPS) is 18.1. The molecule has 1 aliphatic rings. The van der Waals surface area contributed by atoms with Crippen LogP contribution < -0.4 is 35.5 Å². The number of benzene rings is 1. The number of nitrogens with one attached hydrogen (secondary N) is 4. The minimum atomic E-state index is -0.222. The van der Waals surface area contributed by atoms with Crippen molar-refractivity contribution in [2.45, 2.75) is 38.6 Å². The highest BCUT2D eigenvalue weighted by molar-refractivity contribution is 5.95. The topological polar surface area (TPSA) is 110 Å². The second kappa shape index (κ2) is 12.9. The Kier molecular flexibility index (Phi) is 10.2. The van der Waals surface area contributed by atoms with Gasteiger partial charge in [-0.25, -0.2) is 4.79 Å². The predicted octanol–water partition coefficient (Wildman–Crippen LogP) is 1.91. The molecule has 0 saturated carbocycles. The Labute approximate surface area is 184 Å². The van der Waals surface area contributed by atoms with Gasteiger partial charge in [0.25, 0.3) is 5.91 Å². The second-order valence-corrected chi connectivity index (χ2v) is 7.59. The molecule has 9 heteroatoms. The monoisotopic (exact) mass is 436 g/mol. The van der Waals surface area contributed by atoms with E-state index in [2.05, 4.69) is 28.2 Å². The molecule has 0 aromatic heterocycles. The molecule has 9 nitrogen and oxygen atoms in total. The quantitative estimate of drug-likeness (QED) is 0.395. The van der Waals surface area contributed by atoms with Crippen molar-refractivity contribution >= 4 is 11.9 Å². The number of rotatable bonds is 11. The number of carbonyl (C=O) groups is 2. The number of unbranched alkanes of at least 4 members (excludes halogenated alkanes) is 2. The van der Waals surface area contributed by atoms with Gasteiger partial charge in [-0.05, 0) is 31.5 Å². The number of ether oxygens (including phenoxy) is 3. The van der Waals surface area contributed by atoms with E-state index in [0.717, 1.165) is 38.8 Å². The molecule has 31 heavy (non-hydrogen) atoms. The molecular weight excluding hydrogens is 400 g/mol. The molecule has 1 saturated heterocycles. The Morgan fingerprint density at radius 1 is 1.06 bits per heavy atom. The first-order valence-corrected chi connectivity index (χ1v) is 10.9. The summed E-state index contributed by atoms with van der Waals surface area (Å²) in [4.78, 5) is 25.0. The average Bonchev–Trinajstić information content (AvgIpc) is 2.80. The summed E-state index contributed by atoms with van der Waals surface area (Å²) in [6.07, 6.45) is 3.97. The van der Waals surface area contributed by atoms with Gasteiger partial charge in [-0.3, -0.25) is 4.79 Å². The highest BCUT2D eigenvalue weighted by Gasteiger charge is 2.28. The van der Waals surface area contributed by atoms with E-state index in [1.165, 1.54) is 21.3 Å². The van der Waals surface area contributed by atoms with Gasteiger partial charge in [0.15, 0.2) is 11.5 Å². The molecule has 174 valence electrons. The molecule has 2 rings (SSSR count). The average molecular weight is 437 g/mol. The fraction of sp³-hybridized carbons (Fsp3) is 0.636. The minimum Gasteiger partial charge on any atom is -0.493 e. The van der Waals surface area contributed by atoms with Crippen LogP contribution in [0.5, 0.6) is 17.2 Å². The Bertz CT molecular complexity index is 703. The van der Waals surface area contributed by atoms with Crippen LogP contribution in [0.2, 0.25) is 0 Å². The number of methoxy groups -OCH3 is 3. The smallest absolute Gasteiger partial charge is 0.314 e. The summed E-state index contributed by atoms with van der Waals surface area (Å²) >= 11 is 0. The van der Waals surface area contributed by atoms with E-state index in [4.69, 9.17) is 14.2 Å². The number of carbonyl (C=O) groups excluding carboxylic acids is 2. The maximum absolute atomic E-state index is 13.0. The molecule has 3 amide bonds. The summed E-state index contributed by atoms with van der Waals surface area (Å²) in [6, 6.07) is 3.04. The summed E-state index contributed by atoms with van der Waals surface area (Å²) in [7, 11) is 4.55. The van der Waals surface area contributed by atoms with Gasteiger partial charge in [0.2, 0.25) is 5.75 Å². The van der Waals surface area contributed by atoms with Crippen LogP contribution in [0.1, 0.15) is 43.0 Å². The van der Waals surface area contributed by atoms with E-state index >= 15 is 0 Å². The molecular formula is C22H36N4O5. The Morgan fingerprint density at radius 2 is 1.77 bits per heavy atom. The van der Waals surface area contributed by atoms with Crippen LogP contribution in [0.15, 0.2) is 12.1 Å². The SMILES string of the molecule is CCCCCNC(=O)NC[C@H]1CNCC[C@@H]1NC(=O)c1cc(OC)c(OC)c(OC)c1. The van der Waals surface area contributed by atoms with E-state index < -0.39 is 0 Å². The van der Waals surface area contributed by atoms with Crippen molar-refractivity contribution in [2.24, 2.45) is 5.92 Å². The molecule has 2 atom stereocenters. The number of amides is 3. The summed E-state index contributed by atoms with van der Waals surface area (Å²) in [6.45, 7) is 4.80. The maximum atomic E-state index is 13.0. The first-order valence-electron chi connectivity index (χ1n) is 10.9. The van der Waals surface area contributed by atoms with Crippen molar-refractivity contribution < 1.29 is 23.8 Å². The van der Waals surface area contributed by atoms with Gasteiger partial charge >= 0.3 is 6.03 Å². The zero-order chi connectivity index (χ0) is 22.6. The molecule has 0 radical (unpaired) electrons. The fourth-order valence-electron chi connectivity index (χ4n) is 3.65. The first-order chi connectivity index (χ1) is 15.0.